The van der Waals surface area contributed by atoms with Gasteiger partial charge in [0.2, 0.25) is 5.91 Å². The first kappa shape index (κ1) is 22.3. The van der Waals surface area contributed by atoms with Gasteiger partial charge in [0.05, 0.1) is 18.7 Å². The summed E-state index contributed by atoms with van der Waals surface area (Å²) in [6, 6.07) is 16.4. The number of benzene rings is 2. The maximum atomic E-state index is 12.8. The van der Waals surface area contributed by atoms with Gasteiger partial charge in [-0.15, -0.1) is 0 Å². The zero-order chi connectivity index (χ0) is 22.6. The minimum atomic E-state index is -0.678. The molecule has 168 valence electrons. The number of H-pyrrole nitrogens is 1. The van der Waals surface area contributed by atoms with Crippen LogP contribution < -0.4 is 16.2 Å². The van der Waals surface area contributed by atoms with E-state index < -0.39 is 5.60 Å². The van der Waals surface area contributed by atoms with Gasteiger partial charge in [-0.05, 0) is 48.2 Å². The van der Waals surface area contributed by atoms with Gasteiger partial charge in [0.1, 0.15) is 5.60 Å². The zero-order valence-corrected chi connectivity index (χ0v) is 19.4. The average molecular weight is 451 g/mol. The van der Waals surface area contributed by atoms with Crippen LogP contribution >= 0.6 is 12.2 Å². The summed E-state index contributed by atoms with van der Waals surface area (Å²) in [5.41, 5.74) is 10.7. The van der Waals surface area contributed by atoms with Gasteiger partial charge in [-0.1, -0.05) is 62.4 Å². The van der Waals surface area contributed by atoms with Gasteiger partial charge in [-0.25, -0.2) is 0 Å². The van der Waals surface area contributed by atoms with E-state index in [0.29, 0.717) is 24.7 Å². The number of nitrogens with one attached hydrogen (secondary N) is 4. The summed E-state index contributed by atoms with van der Waals surface area (Å²) in [6.45, 7) is 5.41. The van der Waals surface area contributed by atoms with Gasteiger partial charge in [0.25, 0.3) is 0 Å². The molecule has 4 rings (SSSR count). The van der Waals surface area contributed by atoms with Crippen LogP contribution in [0.25, 0.3) is 10.9 Å². The lowest BCUT2D eigenvalue weighted by Crippen LogP contribution is -2.49. The highest BCUT2D eigenvalue weighted by Crippen LogP contribution is 2.42. The third kappa shape index (κ3) is 4.49. The van der Waals surface area contributed by atoms with Crippen molar-refractivity contribution in [3.63, 3.8) is 0 Å². The van der Waals surface area contributed by atoms with E-state index in [1.54, 1.807) is 0 Å². The molecule has 6 nitrogen and oxygen atoms in total. The highest BCUT2D eigenvalue weighted by molar-refractivity contribution is 7.80. The van der Waals surface area contributed by atoms with Crippen molar-refractivity contribution in [1.82, 2.24) is 21.2 Å². The van der Waals surface area contributed by atoms with E-state index in [2.05, 4.69) is 53.2 Å². The number of amides is 1. The fraction of sp³-hybridized carbons (Fsp3) is 0.360. The monoisotopic (exact) mass is 450 g/mol. The predicted octanol–water partition coefficient (Wildman–Crippen LogP) is 3.99. The summed E-state index contributed by atoms with van der Waals surface area (Å²) in [6.07, 6.45) is 2.70. The van der Waals surface area contributed by atoms with Crippen molar-refractivity contribution in [2.45, 2.75) is 51.7 Å². The third-order valence-corrected chi connectivity index (χ3v) is 6.47. The van der Waals surface area contributed by atoms with E-state index in [4.69, 9.17) is 17.0 Å². The lowest BCUT2D eigenvalue weighted by molar-refractivity contribution is -0.133. The molecule has 0 radical (unpaired) electrons. The minimum Gasteiger partial charge on any atom is -0.368 e. The molecule has 0 aliphatic carbocycles. The number of ether oxygens (including phenoxy) is 1. The molecule has 1 unspecified atom stereocenters. The summed E-state index contributed by atoms with van der Waals surface area (Å²) in [5, 5.41) is 4.71. The second-order valence-corrected chi connectivity index (χ2v) is 8.54. The Kier molecular flexibility index (Phi) is 6.77. The van der Waals surface area contributed by atoms with Crippen LogP contribution in [0.4, 0.5) is 0 Å². The molecular weight excluding hydrogens is 420 g/mol. The third-order valence-electron chi connectivity index (χ3n) is 6.22. The molecule has 0 saturated carbocycles. The highest BCUT2D eigenvalue weighted by atomic mass is 32.1. The van der Waals surface area contributed by atoms with Crippen molar-refractivity contribution in [2.75, 3.05) is 6.61 Å². The molecule has 32 heavy (non-hydrogen) atoms. The van der Waals surface area contributed by atoms with Crippen molar-refractivity contribution in [3.8, 4) is 0 Å². The van der Waals surface area contributed by atoms with Gasteiger partial charge < -0.3 is 15.0 Å². The Balaban J connectivity index is 1.44. The summed E-state index contributed by atoms with van der Waals surface area (Å²) in [7, 11) is 0. The van der Waals surface area contributed by atoms with Crippen molar-refractivity contribution < 1.29 is 9.53 Å². The first-order chi connectivity index (χ1) is 15.6. The molecule has 1 aliphatic heterocycles. The molecule has 7 heteroatoms. The molecule has 1 aliphatic rings. The minimum absolute atomic E-state index is 0.169. The maximum absolute atomic E-state index is 12.8. The molecular formula is C25H30N4O2S. The van der Waals surface area contributed by atoms with Crippen LogP contribution in [0.3, 0.4) is 0 Å². The average Bonchev–Trinajstić information content (AvgIpc) is 3.22. The van der Waals surface area contributed by atoms with E-state index >= 15 is 0 Å². The Bertz CT molecular complexity index is 1110. The number of carbonyl (C=O) groups is 1. The normalized spacial score (nSPS) is 17.6. The van der Waals surface area contributed by atoms with Gasteiger partial charge in [0.15, 0.2) is 5.11 Å². The number of aromatic nitrogens is 1. The Morgan fingerprint density at radius 1 is 1.12 bits per heavy atom. The fourth-order valence-electron chi connectivity index (χ4n) is 4.49. The second-order valence-electron chi connectivity index (χ2n) is 8.14. The second kappa shape index (κ2) is 9.71. The van der Waals surface area contributed by atoms with Gasteiger partial charge in [-0.2, -0.15) is 0 Å². The Labute approximate surface area is 194 Å². The number of hydrogen-bond donors (Lipinski definition) is 4. The van der Waals surface area contributed by atoms with Gasteiger partial charge in [0, 0.05) is 17.4 Å². The van der Waals surface area contributed by atoms with E-state index in [9.17, 15) is 4.79 Å². The lowest BCUT2D eigenvalue weighted by Gasteiger charge is -2.36. The molecule has 1 atom stereocenters. The van der Waals surface area contributed by atoms with Crippen molar-refractivity contribution in [1.29, 1.82) is 0 Å². The Hall–Kier alpha value is -2.90. The number of carbonyl (C=O) groups excluding carboxylic acids is 1. The van der Waals surface area contributed by atoms with Crippen LogP contribution in [0.2, 0.25) is 0 Å². The quantitative estimate of drug-likeness (QED) is 0.337. The number of aryl methyl sites for hydroxylation is 1. The molecule has 1 aromatic heterocycles. The maximum Gasteiger partial charge on any atom is 0.241 e. The van der Waals surface area contributed by atoms with Gasteiger partial charge in [-0.3, -0.25) is 15.6 Å². The summed E-state index contributed by atoms with van der Waals surface area (Å²) in [4.78, 5) is 16.5. The molecule has 2 aromatic carbocycles. The number of hydrogen-bond acceptors (Lipinski definition) is 3. The fourth-order valence-corrected chi connectivity index (χ4v) is 4.62. The van der Waals surface area contributed by atoms with Crippen molar-refractivity contribution in [2.24, 2.45) is 0 Å². The molecule has 4 N–H and O–H groups in total. The smallest absolute Gasteiger partial charge is 0.241 e. The van der Waals surface area contributed by atoms with E-state index in [1.165, 1.54) is 16.5 Å². The van der Waals surface area contributed by atoms with E-state index in [-0.39, 0.29) is 12.3 Å². The molecule has 2 heterocycles. The Morgan fingerprint density at radius 2 is 1.94 bits per heavy atom. The van der Waals surface area contributed by atoms with Crippen LogP contribution in [0.15, 0.2) is 48.5 Å². The summed E-state index contributed by atoms with van der Waals surface area (Å²) >= 11 is 5.29. The number of para-hydroxylation sites is 1. The molecule has 0 bridgehead atoms. The number of hydrazine groups is 1. The molecule has 0 fully saturated rings. The van der Waals surface area contributed by atoms with Crippen LogP contribution in [0, 0.1) is 0 Å². The zero-order valence-electron chi connectivity index (χ0n) is 18.6. The summed E-state index contributed by atoms with van der Waals surface area (Å²) < 4.78 is 6.26. The molecule has 0 saturated heterocycles. The van der Waals surface area contributed by atoms with Crippen molar-refractivity contribution in [3.05, 3.63) is 70.9 Å². The SMILES string of the molecule is CCc1cccc2c3c([nH]c12)C(CC)(CC(=O)NNC(=S)NCc1ccccc1)OCC3. The van der Waals surface area contributed by atoms with Crippen LogP contribution in [-0.4, -0.2) is 22.6 Å². The van der Waals surface area contributed by atoms with E-state index in [1.807, 2.05) is 30.3 Å². The summed E-state index contributed by atoms with van der Waals surface area (Å²) in [5.74, 6) is -0.169. The predicted molar refractivity (Wildman–Crippen MR) is 131 cm³/mol. The number of fused-ring (bicyclic) bond motifs is 3. The molecule has 0 spiro atoms. The first-order valence-electron chi connectivity index (χ1n) is 11.2. The van der Waals surface area contributed by atoms with Crippen molar-refractivity contribution >= 4 is 34.1 Å². The number of rotatable bonds is 6. The number of thiocarbonyl (C=S) groups is 1. The van der Waals surface area contributed by atoms with Crippen LogP contribution in [-0.2, 0) is 34.5 Å². The lowest BCUT2D eigenvalue weighted by atomic mass is 9.86. The largest absolute Gasteiger partial charge is 0.368 e. The van der Waals surface area contributed by atoms with E-state index in [0.717, 1.165) is 29.6 Å². The van der Waals surface area contributed by atoms with Crippen LogP contribution in [0.1, 0.15) is 49.1 Å². The Morgan fingerprint density at radius 3 is 2.69 bits per heavy atom. The van der Waals surface area contributed by atoms with Gasteiger partial charge >= 0.3 is 0 Å². The molecule has 1 amide bonds. The topological polar surface area (TPSA) is 78.2 Å². The number of aromatic amines is 1. The molecule has 3 aromatic rings. The first-order valence-corrected chi connectivity index (χ1v) is 11.6. The highest BCUT2D eigenvalue weighted by Gasteiger charge is 2.41. The van der Waals surface area contributed by atoms with Crippen LogP contribution in [0.5, 0.6) is 0 Å². The standard InChI is InChI=1S/C25H30N4O2S/c1-3-18-11-8-12-19-20-13-14-31-25(4-2,23(20)27-22(18)19)15-21(30)28-29-24(32)26-16-17-9-6-5-7-10-17/h5-12,27H,3-4,13-16H2,1-2H3,(H,28,30)(H2,26,29,32).